The Morgan fingerprint density at radius 2 is 2.17 bits per heavy atom. The van der Waals surface area contributed by atoms with Gasteiger partial charge in [-0.3, -0.25) is 4.79 Å². The van der Waals surface area contributed by atoms with Crippen molar-refractivity contribution in [3.63, 3.8) is 0 Å². The summed E-state index contributed by atoms with van der Waals surface area (Å²) in [5.41, 5.74) is 0.155. The van der Waals surface area contributed by atoms with Gasteiger partial charge in [-0.25, -0.2) is 23.5 Å². The van der Waals surface area contributed by atoms with Crippen molar-refractivity contribution in [3.8, 4) is 0 Å². The lowest BCUT2D eigenvalue weighted by atomic mass is 10.2. The molecule has 0 fully saturated rings. The zero-order valence-electron chi connectivity index (χ0n) is 12.0. The molecule has 9 heteroatoms. The number of amides is 1. The van der Waals surface area contributed by atoms with E-state index in [2.05, 4.69) is 15.3 Å². The smallest absolute Gasteiger partial charge is 0.346 e. The fourth-order valence-corrected chi connectivity index (χ4v) is 2.77. The molecule has 0 saturated carbocycles. The number of hydrogen-bond donors (Lipinski definition) is 2. The zero-order valence-corrected chi connectivity index (χ0v) is 12.9. The molecule has 2 N–H and O–H groups in total. The van der Waals surface area contributed by atoms with Crippen LogP contribution in [-0.4, -0.2) is 33.5 Å². The third-order valence-corrected chi connectivity index (χ3v) is 4.14. The average Bonchev–Trinajstić information content (AvgIpc) is 2.89. The van der Waals surface area contributed by atoms with Crippen molar-refractivity contribution in [2.24, 2.45) is 0 Å². The van der Waals surface area contributed by atoms with Crippen LogP contribution in [0.25, 0.3) is 0 Å². The summed E-state index contributed by atoms with van der Waals surface area (Å²) in [7, 11) is 0. The molecule has 122 valence electrons. The number of aromatic carboxylic acids is 1. The second kappa shape index (κ2) is 7.23. The molecule has 1 amide bonds. The van der Waals surface area contributed by atoms with E-state index in [1.54, 1.807) is 6.92 Å². The minimum atomic E-state index is -2.67. The molecule has 2 aromatic heterocycles. The van der Waals surface area contributed by atoms with Gasteiger partial charge >= 0.3 is 5.97 Å². The van der Waals surface area contributed by atoms with E-state index in [1.807, 2.05) is 0 Å². The van der Waals surface area contributed by atoms with Crippen molar-refractivity contribution < 1.29 is 23.5 Å². The molecule has 0 aromatic carbocycles. The number of nitrogens with one attached hydrogen (secondary N) is 1. The molecule has 0 spiro atoms. The van der Waals surface area contributed by atoms with Crippen LogP contribution >= 0.6 is 11.3 Å². The highest BCUT2D eigenvalue weighted by Crippen LogP contribution is 2.21. The third kappa shape index (κ3) is 4.28. The van der Waals surface area contributed by atoms with Gasteiger partial charge in [0, 0.05) is 19.2 Å². The number of aryl methyl sites for hydroxylation is 1. The van der Waals surface area contributed by atoms with E-state index >= 15 is 0 Å². The van der Waals surface area contributed by atoms with Gasteiger partial charge < -0.3 is 10.4 Å². The molecule has 0 atom stereocenters. The Balaban J connectivity index is 1.93. The van der Waals surface area contributed by atoms with Crippen molar-refractivity contribution in [2.45, 2.75) is 19.8 Å². The van der Waals surface area contributed by atoms with Gasteiger partial charge in [0.2, 0.25) is 0 Å². The Kier molecular flexibility index (Phi) is 5.32. The summed E-state index contributed by atoms with van der Waals surface area (Å²) in [6.07, 6.45) is -1.23. The quantitative estimate of drug-likeness (QED) is 0.842. The van der Waals surface area contributed by atoms with E-state index in [1.165, 1.54) is 12.3 Å². The first-order valence-corrected chi connectivity index (χ1v) is 7.42. The van der Waals surface area contributed by atoms with Crippen LogP contribution in [0.15, 0.2) is 18.3 Å². The van der Waals surface area contributed by atoms with Gasteiger partial charge in [0.25, 0.3) is 12.3 Å². The zero-order chi connectivity index (χ0) is 17.0. The molecule has 0 aliphatic rings. The number of thiophene rings is 1. The van der Waals surface area contributed by atoms with Gasteiger partial charge in [-0.05, 0) is 24.6 Å². The molecule has 0 bridgehead atoms. The lowest BCUT2D eigenvalue weighted by Gasteiger charge is -2.04. The summed E-state index contributed by atoms with van der Waals surface area (Å²) in [6.45, 7) is 1.77. The van der Waals surface area contributed by atoms with E-state index in [0.29, 0.717) is 5.56 Å². The molecule has 2 aromatic rings. The van der Waals surface area contributed by atoms with Crippen LogP contribution < -0.4 is 5.32 Å². The predicted molar refractivity (Wildman–Crippen MR) is 79.0 cm³/mol. The number of rotatable bonds is 6. The summed E-state index contributed by atoms with van der Waals surface area (Å²) < 4.78 is 25.0. The lowest BCUT2D eigenvalue weighted by molar-refractivity contribution is 0.0701. The summed E-state index contributed by atoms with van der Waals surface area (Å²) in [5, 5.41) is 11.5. The number of carbonyl (C=O) groups excluding carboxylic acids is 1. The van der Waals surface area contributed by atoms with Gasteiger partial charge in [0.05, 0.1) is 4.88 Å². The molecule has 2 rings (SSSR count). The van der Waals surface area contributed by atoms with E-state index in [4.69, 9.17) is 5.11 Å². The Labute approximate surface area is 134 Å². The van der Waals surface area contributed by atoms with Crippen molar-refractivity contribution >= 4 is 23.2 Å². The highest BCUT2D eigenvalue weighted by molar-refractivity contribution is 7.16. The van der Waals surface area contributed by atoms with Crippen molar-refractivity contribution in [2.75, 3.05) is 6.54 Å². The maximum Gasteiger partial charge on any atom is 0.346 e. The number of carboxylic acids is 1. The Bertz CT molecular complexity index is 734. The van der Waals surface area contributed by atoms with E-state index in [-0.39, 0.29) is 34.2 Å². The highest BCUT2D eigenvalue weighted by Gasteiger charge is 2.16. The van der Waals surface area contributed by atoms with Crippen molar-refractivity contribution in [1.29, 1.82) is 0 Å². The van der Waals surface area contributed by atoms with Gasteiger partial charge in [0.15, 0.2) is 0 Å². The molecule has 0 saturated heterocycles. The van der Waals surface area contributed by atoms with E-state index in [9.17, 15) is 18.4 Å². The first-order chi connectivity index (χ1) is 10.9. The maximum absolute atomic E-state index is 12.5. The number of nitrogens with zero attached hydrogens (tertiary/aromatic N) is 2. The third-order valence-electron chi connectivity index (χ3n) is 2.92. The Morgan fingerprint density at radius 3 is 2.78 bits per heavy atom. The van der Waals surface area contributed by atoms with Crippen molar-refractivity contribution in [3.05, 3.63) is 45.2 Å². The summed E-state index contributed by atoms with van der Waals surface area (Å²) in [5.74, 6) is -1.30. The highest BCUT2D eigenvalue weighted by atomic mass is 32.1. The SMILES string of the molecule is Cc1cc(C(=O)NCCc2nccc(C(F)F)n2)sc1C(=O)O. The van der Waals surface area contributed by atoms with E-state index < -0.39 is 18.3 Å². The fourth-order valence-electron chi connectivity index (χ4n) is 1.84. The Hall–Kier alpha value is -2.42. The number of halogens is 2. The minimum Gasteiger partial charge on any atom is -0.477 e. The van der Waals surface area contributed by atoms with Crippen molar-refractivity contribution in [1.82, 2.24) is 15.3 Å². The summed E-state index contributed by atoms with van der Waals surface area (Å²) >= 11 is 0.886. The molecule has 0 aliphatic heterocycles. The number of alkyl halides is 2. The van der Waals surface area contributed by atoms with Crippen LogP contribution in [0.2, 0.25) is 0 Å². The van der Waals surface area contributed by atoms with Gasteiger partial charge in [-0.1, -0.05) is 0 Å². The molecule has 2 heterocycles. The van der Waals surface area contributed by atoms with Crippen LogP contribution in [0, 0.1) is 6.92 Å². The van der Waals surface area contributed by atoms with Crippen LogP contribution in [0.1, 0.15) is 42.9 Å². The average molecular weight is 341 g/mol. The van der Waals surface area contributed by atoms with E-state index in [0.717, 1.165) is 17.4 Å². The molecule has 6 nitrogen and oxygen atoms in total. The second-order valence-electron chi connectivity index (χ2n) is 4.63. The molecule has 23 heavy (non-hydrogen) atoms. The van der Waals surface area contributed by atoms with Gasteiger partial charge in [0.1, 0.15) is 16.4 Å². The molecular weight excluding hydrogens is 328 g/mol. The monoisotopic (exact) mass is 341 g/mol. The predicted octanol–water partition coefficient (Wildman–Crippen LogP) is 2.45. The van der Waals surface area contributed by atoms with Crippen LogP contribution in [0.5, 0.6) is 0 Å². The first kappa shape index (κ1) is 16.9. The first-order valence-electron chi connectivity index (χ1n) is 6.60. The van der Waals surface area contributed by atoms with Crippen LogP contribution in [0.4, 0.5) is 8.78 Å². The largest absolute Gasteiger partial charge is 0.477 e. The number of aromatic nitrogens is 2. The van der Waals surface area contributed by atoms with Gasteiger partial charge in [-0.15, -0.1) is 11.3 Å². The molecule has 0 radical (unpaired) electrons. The number of carbonyl (C=O) groups is 2. The topological polar surface area (TPSA) is 92.2 Å². The molecule has 0 aliphatic carbocycles. The minimum absolute atomic E-state index is 0.114. The summed E-state index contributed by atoms with van der Waals surface area (Å²) in [6, 6.07) is 2.63. The molecule has 0 unspecified atom stereocenters. The van der Waals surface area contributed by atoms with Gasteiger partial charge in [-0.2, -0.15) is 0 Å². The normalized spacial score (nSPS) is 10.8. The number of carboxylic acid groups (broad SMARTS) is 1. The molecular formula is C14H13F2N3O3S. The number of hydrogen-bond acceptors (Lipinski definition) is 5. The second-order valence-corrected chi connectivity index (χ2v) is 5.68. The van der Waals surface area contributed by atoms with Crippen LogP contribution in [0.3, 0.4) is 0 Å². The standard InChI is InChI=1S/C14H13F2N3O3S/c1-7-6-9(23-11(7)14(21)22)13(20)18-5-3-10-17-4-2-8(19-10)12(15)16/h2,4,6,12H,3,5H2,1H3,(H,18,20)(H,21,22). The lowest BCUT2D eigenvalue weighted by Crippen LogP contribution is -2.25. The summed E-state index contributed by atoms with van der Waals surface area (Å²) in [4.78, 5) is 30.8. The Morgan fingerprint density at radius 1 is 1.43 bits per heavy atom. The maximum atomic E-state index is 12.5. The fraction of sp³-hybridized carbons (Fsp3) is 0.286. The van der Waals surface area contributed by atoms with Crippen LogP contribution in [-0.2, 0) is 6.42 Å².